The molecular formula is C11H10BrFN2O4. The van der Waals surface area contributed by atoms with E-state index in [-0.39, 0.29) is 10.0 Å². The average Bonchev–Trinajstić information content (AvgIpc) is 2.29. The zero-order chi connectivity index (χ0) is 14.6. The number of primary amides is 1. The summed E-state index contributed by atoms with van der Waals surface area (Å²) in [6, 6.07) is 3.45. The molecule has 1 rings (SSSR count). The Hall–Kier alpha value is -1.96. The number of nitrogens with zero attached hydrogens (tertiary/aromatic N) is 1. The van der Waals surface area contributed by atoms with Crippen molar-refractivity contribution in [1.29, 1.82) is 0 Å². The van der Waals surface area contributed by atoms with Crippen LogP contribution in [0.4, 0.5) is 4.39 Å². The number of carboxylic acids is 1. The predicted molar refractivity (Wildman–Crippen MR) is 66.8 cm³/mol. The highest BCUT2D eigenvalue weighted by atomic mass is 79.9. The molecule has 1 aromatic carbocycles. The van der Waals surface area contributed by atoms with Crippen molar-refractivity contribution >= 4 is 33.7 Å². The minimum Gasteiger partial charge on any atom is -0.480 e. The van der Waals surface area contributed by atoms with Crippen LogP contribution < -0.4 is 5.73 Å². The Bertz CT molecular complexity index is 519. The van der Waals surface area contributed by atoms with Gasteiger partial charge < -0.3 is 15.7 Å². The summed E-state index contributed by atoms with van der Waals surface area (Å²) in [4.78, 5) is 34.2. The Morgan fingerprint density at radius 1 is 1.32 bits per heavy atom. The van der Waals surface area contributed by atoms with Gasteiger partial charge in [0.05, 0.1) is 4.47 Å². The predicted octanol–water partition coefficient (Wildman–Crippen LogP) is 0.600. The van der Waals surface area contributed by atoms with Crippen molar-refractivity contribution in [1.82, 2.24) is 4.90 Å². The maximum absolute atomic E-state index is 13.0. The van der Waals surface area contributed by atoms with E-state index in [0.29, 0.717) is 0 Å². The van der Waals surface area contributed by atoms with Crippen molar-refractivity contribution in [3.63, 3.8) is 0 Å². The van der Waals surface area contributed by atoms with E-state index < -0.39 is 36.7 Å². The van der Waals surface area contributed by atoms with E-state index in [4.69, 9.17) is 10.8 Å². The number of carbonyl (C=O) groups is 3. The molecule has 6 nitrogen and oxygen atoms in total. The summed E-state index contributed by atoms with van der Waals surface area (Å²) in [6.07, 6.45) is 0. The Morgan fingerprint density at radius 2 is 1.95 bits per heavy atom. The lowest BCUT2D eigenvalue weighted by Crippen LogP contribution is -2.41. The van der Waals surface area contributed by atoms with Crippen molar-refractivity contribution < 1.29 is 23.9 Å². The smallest absolute Gasteiger partial charge is 0.323 e. The highest BCUT2D eigenvalue weighted by Crippen LogP contribution is 2.18. The fourth-order valence-corrected chi connectivity index (χ4v) is 1.74. The van der Waals surface area contributed by atoms with Crippen LogP contribution in [0.5, 0.6) is 0 Å². The molecule has 0 spiro atoms. The van der Waals surface area contributed by atoms with E-state index >= 15 is 0 Å². The molecule has 0 fully saturated rings. The quantitative estimate of drug-likeness (QED) is 0.824. The SMILES string of the molecule is NC(=O)CN(CC(=O)O)C(=O)c1ccc(F)c(Br)c1. The molecule has 2 amide bonds. The highest BCUT2D eigenvalue weighted by molar-refractivity contribution is 9.10. The van der Waals surface area contributed by atoms with E-state index in [1.54, 1.807) is 0 Å². The summed E-state index contributed by atoms with van der Waals surface area (Å²) in [5.74, 6) is -3.40. The summed E-state index contributed by atoms with van der Waals surface area (Å²) in [6.45, 7) is -1.20. The number of hydrogen-bond acceptors (Lipinski definition) is 3. The number of halogens is 2. The standard InChI is InChI=1S/C11H10BrFN2O4/c12-7-3-6(1-2-8(7)13)11(19)15(4-9(14)16)5-10(17)18/h1-3H,4-5H2,(H2,14,16)(H,17,18). The Labute approximate surface area is 116 Å². The summed E-state index contributed by atoms with van der Waals surface area (Å²) in [5, 5.41) is 8.68. The molecule has 0 aliphatic rings. The van der Waals surface area contributed by atoms with E-state index in [1.807, 2.05) is 0 Å². The van der Waals surface area contributed by atoms with Gasteiger partial charge in [-0.25, -0.2) is 4.39 Å². The number of carbonyl (C=O) groups excluding carboxylic acids is 2. The zero-order valence-electron chi connectivity index (χ0n) is 9.60. The number of hydrogen-bond donors (Lipinski definition) is 2. The first-order valence-corrected chi connectivity index (χ1v) is 5.85. The molecule has 0 heterocycles. The number of benzene rings is 1. The molecule has 0 bridgehead atoms. The second-order valence-electron chi connectivity index (χ2n) is 3.65. The number of carboxylic acid groups (broad SMARTS) is 1. The van der Waals surface area contributed by atoms with Gasteiger partial charge in [0.2, 0.25) is 5.91 Å². The van der Waals surface area contributed by atoms with Gasteiger partial charge in [-0.1, -0.05) is 0 Å². The van der Waals surface area contributed by atoms with Crippen molar-refractivity contribution in [2.24, 2.45) is 5.73 Å². The second-order valence-corrected chi connectivity index (χ2v) is 4.50. The van der Waals surface area contributed by atoms with Gasteiger partial charge in [-0.15, -0.1) is 0 Å². The van der Waals surface area contributed by atoms with Crippen molar-refractivity contribution in [3.05, 3.63) is 34.1 Å². The third-order valence-corrected chi connectivity index (χ3v) is 2.73. The fraction of sp³-hybridized carbons (Fsp3) is 0.182. The first-order chi connectivity index (χ1) is 8.81. The lowest BCUT2D eigenvalue weighted by molar-refractivity contribution is -0.138. The minimum absolute atomic E-state index is 0.0516. The number of rotatable bonds is 5. The van der Waals surface area contributed by atoms with Gasteiger partial charge in [-0.2, -0.15) is 0 Å². The van der Waals surface area contributed by atoms with Gasteiger partial charge in [0.15, 0.2) is 0 Å². The number of amides is 2. The van der Waals surface area contributed by atoms with Crippen LogP contribution in [-0.4, -0.2) is 40.9 Å². The van der Waals surface area contributed by atoms with Crippen LogP contribution in [0.25, 0.3) is 0 Å². The molecule has 102 valence electrons. The van der Waals surface area contributed by atoms with Crippen LogP contribution in [0.1, 0.15) is 10.4 Å². The zero-order valence-corrected chi connectivity index (χ0v) is 11.2. The average molecular weight is 333 g/mol. The summed E-state index contributed by atoms with van der Waals surface area (Å²) in [5.41, 5.74) is 5.00. The lowest BCUT2D eigenvalue weighted by Gasteiger charge is -2.19. The Kier molecular flexibility index (Phi) is 4.99. The minimum atomic E-state index is -1.28. The molecule has 0 atom stereocenters. The molecule has 0 aliphatic carbocycles. The Morgan fingerprint density at radius 3 is 2.42 bits per heavy atom. The number of aliphatic carboxylic acids is 1. The van der Waals surface area contributed by atoms with Gasteiger partial charge >= 0.3 is 5.97 Å². The molecule has 3 N–H and O–H groups in total. The van der Waals surface area contributed by atoms with Crippen molar-refractivity contribution in [2.45, 2.75) is 0 Å². The van der Waals surface area contributed by atoms with Gasteiger partial charge in [0, 0.05) is 5.56 Å². The normalized spacial score (nSPS) is 10.0. The van der Waals surface area contributed by atoms with Gasteiger partial charge in [-0.05, 0) is 34.1 Å². The van der Waals surface area contributed by atoms with Crippen LogP contribution in [-0.2, 0) is 9.59 Å². The maximum atomic E-state index is 13.0. The molecule has 0 saturated carbocycles. The second kappa shape index (κ2) is 6.28. The van der Waals surface area contributed by atoms with Crippen LogP contribution in [0.3, 0.4) is 0 Å². The molecule has 0 radical (unpaired) electrons. The van der Waals surface area contributed by atoms with E-state index in [2.05, 4.69) is 15.9 Å². The van der Waals surface area contributed by atoms with E-state index in [1.165, 1.54) is 12.1 Å². The molecule has 19 heavy (non-hydrogen) atoms. The van der Waals surface area contributed by atoms with Crippen LogP contribution in [0.2, 0.25) is 0 Å². The monoisotopic (exact) mass is 332 g/mol. The van der Waals surface area contributed by atoms with Gasteiger partial charge in [0.25, 0.3) is 5.91 Å². The van der Waals surface area contributed by atoms with Crippen molar-refractivity contribution in [2.75, 3.05) is 13.1 Å². The van der Waals surface area contributed by atoms with Crippen molar-refractivity contribution in [3.8, 4) is 0 Å². The third-order valence-electron chi connectivity index (χ3n) is 2.13. The van der Waals surface area contributed by atoms with Crippen LogP contribution in [0, 0.1) is 5.82 Å². The van der Waals surface area contributed by atoms with Gasteiger partial charge in [-0.3, -0.25) is 14.4 Å². The molecule has 0 aromatic heterocycles. The largest absolute Gasteiger partial charge is 0.480 e. The molecule has 0 aliphatic heterocycles. The molecule has 0 saturated heterocycles. The third kappa shape index (κ3) is 4.32. The first kappa shape index (κ1) is 15.1. The molecular weight excluding hydrogens is 323 g/mol. The molecule has 1 aromatic rings. The van der Waals surface area contributed by atoms with Crippen LogP contribution >= 0.6 is 15.9 Å². The lowest BCUT2D eigenvalue weighted by atomic mass is 10.2. The fourth-order valence-electron chi connectivity index (χ4n) is 1.36. The van der Waals surface area contributed by atoms with Gasteiger partial charge in [0.1, 0.15) is 18.9 Å². The summed E-state index contributed by atoms with van der Waals surface area (Å²) < 4.78 is 13.1. The number of nitrogens with two attached hydrogens (primary N) is 1. The molecule has 0 unspecified atom stereocenters. The summed E-state index contributed by atoms with van der Waals surface area (Å²) >= 11 is 2.91. The Balaban J connectivity index is 3.00. The van der Waals surface area contributed by atoms with E-state index in [9.17, 15) is 18.8 Å². The summed E-state index contributed by atoms with van der Waals surface area (Å²) in [7, 11) is 0. The first-order valence-electron chi connectivity index (χ1n) is 5.05. The maximum Gasteiger partial charge on any atom is 0.323 e. The molecule has 8 heteroatoms. The van der Waals surface area contributed by atoms with E-state index in [0.717, 1.165) is 11.0 Å². The van der Waals surface area contributed by atoms with Crippen LogP contribution in [0.15, 0.2) is 22.7 Å². The highest BCUT2D eigenvalue weighted by Gasteiger charge is 2.21. The topological polar surface area (TPSA) is 101 Å².